The summed E-state index contributed by atoms with van der Waals surface area (Å²) in [4.78, 5) is 23.6. The maximum atomic E-state index is 12.3. The van der Waals surface area contributed by atoms with Crippen LogP contribution in [0.1, 0.15) is 42.4 Å². The Hall–Kier alpha value is -2.83. The fraction of sp³-hybridized carbons (Fsp3) is 0.389. The monoisotopic (exact) mass is 345 g/mol. The number of hydrogen-bond donors (Lipinski definition) is 2. The van der Waals surface area contributed by atoms with Crippen molar-refractivity contribution in [2.75, 3.05) is 7.11 Å². The van der Waals surface area contributed by atoms with Crippen LogP contribution in [-0.2, 0) is 4.79 Å². The number of carboxylic acid groups (broad SMARTS) is 1. The molecule has 2 rings (SSSR count). The third-order valence-corrected chi connectivity index (χ3v) is 3.89. The fourth-order valence-corrected chi connectivity index (χ4v) is 2.47. The summed E-state index contributed by atoms with van der Waals surface area (Å²) >= 11 is 0. The van der Waals surface area contributed by atoms with Crippen molar-refractivity contribution < 1.29 is 19.4 Å². The highest BCUT2D eigenvalue weighted by molar-refractivity contribution is 5.95. The number of carbonyl (C=O) groups is 2. The molecule has 1 heterocycles. The third-order valence-electron chi connectivity index (χ3n) is 3.89. The van der Waals surface area contributed by atoms with E-state index in [2.05, 4.69) is 10.4 Å². The van der Waals surface area contributed by atoms with Gasteiger partial charge >= 0.3 is 5.97 Å². The second-order valence-corrected chi connectivity index (χ2v) is 5.79. The molecule has 1 unspecified atom stereocenters. The Bertz CT molecular complexity index is 737. The van der Waals surface area contributed by atoms with Gasteiger partial charge in [0, 0.05) is 5.69 Å². The Balaban J connectivity index is 2.17. The maximum Gasteiger partial charge on any atom is 0.326 e. The first-order valence-corrected chi connectivity index (χ1v) is 8.21. The summed E-state index contributed by atoms with van der Waals surface area (Å²) in [6, 6.07) is 8.02. The van der Waals surface area contributed by atoms with Crippen molar-refractivity contribution in [1.29, 1.82) is 0 Å². The van der Waals surface area contributed by atoms with E-state index in [1.807, 2.05) is 26.0 Å². The van der Waals surface area contributed by atoms with Gasteiger partial charge in [-0.3, -0.25) is 4.79 Å². The lowest BCUT2D eigenvalue weighted by Crippen LogP contribution is -2.40. The lowest BCUT2D eigenvalue weighted by atomic mass is 10.1. The van der Waals surface area contributed by atoms with Crippen LogP contribution in [0.3, 0.4) is 0 Å². The zero-order chi connectivity index (χ0) is 18.4. The van der Waals surface area contributed by atoms with E-state index >= 15 is 0 Å². The summed E-state index contributed by atoms with van der Waals surface area (Å²) in [6.07, 6.45) is 2.00. The zero-order valence-electron chi connectivity index (χ0n) is 14.7. The van der Waals surface area contributed by atoms with Crippen molar-refractivity contribution in [1.82, 2.24) is 15.1 Å². The molecule has 0 bridgehead atoms. The lowest BCUT2D eigenvalue weighted by molar-refractivity contribution is -0.139. The number of aliphatic carboxylic acids is 1. The molecule has 1 atom stereocenters. The first-order valence-electron chi connectivity index (χ1n) is 8.21. The van der Waals surface area contributed by atoms with Crippen molar-refractivity contribution >= 4 is 11.9 Å². The Kier molecular flexibility index (Phi) is 6.16. The van der Waals surface area contributed by atoms with Crippen LogP contribution in [0.5, 0.6) is 5.75 Å². The minimum atomic E-state index is -1.03. The van der Waals surface area contributed by atoms with Gasteiger partial charge in [0.15, 0.2) is 5.69 Å². The number of benzene rings is 1. The van der Waals surface area contributed by atoms with E-state index in [0.29, 0.717) is 6.42 Å². The topological polar surface area (TPSA) is 93.5 Å². The molecule has 0 spiro atoms. The van der Waals surface area contributed by atoms with Crippen LogP contribution in [-0.4, -0.2) is 39.9 Å². The second-order valence-electron chi connectivity index (χ2n) is 5.79. The highest BCUT2D eigenvalue weighted by atomic mass is 16.5. The third kappa shape index (κ3) is 4.59. The highest BCUT2D eigenvalue weighted by Crippen LogP contribution is 2.17. The van der Waals surface area contributed by atoms with E-state index in [1.54, 1.807) is 30.0 Å². The van der Waals surface area contributed by atoms with Crippen molar-refractivity contribution in [3.8, 4) is 11.4 Å². The number of aryl methyl sites for hydroxylation is 1. The number of rotatable bonds is 8. The molecule has 1 aromatic heterocycles. The minimum absolute atomic E-state index is 0.191. The largest absolute Gasteiger partial charge is 0.497 e. The minimum Gasteiger partial charge on any atom is -0.497 e. The Labute approximate surface area is 146 Å². The van der Waals surface area contributed by atoms with E-state index in [-0.39, 0.29) is 5.69 Å². The average molecular weight is 345 g/mol. The normalized spacial score (nSPS) is 11.8. The highest BCUT2D eigenvalue weighted by Gasteiger charge is 2.22. The van der Waals surface area contributed by atoms with E-state index in [4.69, 9.17) is 4.74 Å². The van der Waals surface area contributed by atoms with Crippen LogP contribution in [0.25, 0.3) is 5.69 Å². The molecule has 2 N–H and O–H groups in total. The molecule has 0 radical (unpaired) electrons. The van der Waals surface area contributed by atoms with Crippen LogP contribution in [0, 0.1) is 6.92 Å². The summed E-state index contributed by atoms with van der Waals surface area (Å²) in [7, 11) is 1.59. The van der Waals surface area contributed by atoms with Gasteiger partial charge in [0.2, 0.25) is 0 Å². The summed E-state index contributed by atoms with van der Waals surface area (Å²) in [5, 5.41) is 16.1. The van der Waals surface area contributed by atoms with Gasteiger partial charge in [-0.1, -0.05) is 19.8 Å². The van der Waals surface area contributed by atoms with Gasteiger partial charge in [-0.15, -0.1) is 0 Å². The van der Waals surface area contributed by atoms with Crippen LogP contribution >= 0.6 is 0 Å². The van der Waals surface area contributed by atoms with Crippen LogP contribution in [0.4, 0.5) is 0 Å². The summed E-state index contributed by atoms with van der Waals surface area (Å²) < 4.78 is 6.76. The molecular weight excluding hydrogens is 322 g/mol. The molecule has 0 fully saturated rings. The van der Waals surface area contributed by atoms with Crippen molar-refractivity contribution in [3.63, 3.8) is 0 Å². The Morgan fingerprint density at radius 1 is 1.32 bits per heavy atom. The Morgan fingerprint density at radius 3 is 2.56 bits per heavy atom. The van der Waals surface area contributed by atoms with Crippen molar-refractivity contribution in [2.45, 2.75) is 39.2 Å². The SMILES string of the molecule is CCCCC(NC(=O)c1cc(C)n(-c2ccc(OC)cc2)n1)C(=O)O. The van der Waals surface area contributed by atoms with Gasteiger partial charge in [0.25, 0.3) is 5.91 Å². The molecule has 1 amide bonds. The summed E-state index contributed by atoms with van der Waals surface area (Å²) in [5.74, 6) is -0.793. The summed E-state index contributed by atoms with van der Waals surface area (Å²) in [6.45, 7) is 3.81. The standard InChI is InChI=1S/C18H23N3O4/c1-4-5-6-15(18(23)24)19-17(22)16-11-12(2)21(20-16)13-7-9-14(25-3)10-8-13/h7-11,15H,4-6H2,1-3H3,(H,19,22)(H,23,24). The van der Waals surface area contributed by atoms with Crippen LogP contribution in [0.15, 0.2) is 30.3 Å². The number of amides is 1. The number of aromatic nitrogens is 2. The average Bonchev–Trinajstić information content (AvgIpc) is 3.00. The molecule has 7 nitrogen and oxygen atoms in total. The molecule has 0 saturated carbocycles. The van der Waals surface area contributed by atoms with Gasteiger partial charge in [-0.2, -0.15) is 5.10 Å². The van der Waals surface area contributed by atoms with Gasteiger partial charge in [-0.25, -0.2) is 9.48 Å². The lowest BCUT2D eigenvalue weighted by Gasteiger charge is -2.12. The quantitative estimate of drug-likeness (QED) is 0.767. The van der Waals surface area contributed by atoms with E-state index < -0.39 is 17.9 Å². The molecule has 0 aliphatic rings. The molecule has 7 heteroatoms. The molecule has 0 saturated heterocycles. The molecule has 0 aliphatic heterocycles. The first kappa shape index (κ1) is 18.5. The molecule has 134 valence electrons. The van der Waals surface area contributed by atoms with Crippen LogP contribution < -0.4 is 10.1 Å². The van der Waals surface area contributed by atoms with Gasteiger partial charge in [0.1, 0.15) is 11.8 Å². The van der Waals surface area contributed by atoms with Crippen LogP contribution in [0.2, 0.25) is 0 Å². The van der Waals surface area contributed by atoms with E-state index in [0.717, 1.165) is 30.0 Å². The number of carbonyl (C=O) groups excluding carboxylic acids is 1. The zero-order valence-corrected chi connectivity index (χ0v) is 14.7. The summed E-state index contributed by atoms with van der Waals surface area (Å²) in [5.41, 5.74) is 1.75. The molecule has 25 heavy (non-hydrogen) atoms. The molecule has 1 aromatic carbocycles. The maximum absolute atomic E-state index is 12.3. The Morgan fingerprint density at radius 2 is 2.00 bits per heavy atom. The number of ether oxygens (including phenoxy) is 1. The molecular formula is C18H23N3O4. The fourth-order valence-electron chi connectivity index (χ4n) is 2.47. The first-order chi connectivity index (χ1) is 12.0. The number of methoxy groups -OCH3 is 1. The van der Waals surface area contributed by atoms with E-state index in [9.17, 15) is 14.7 Å². The van der Waals surface area contributed by atoms with Crippen molar-refractivity contribution in [2.24, 2.45) is 0 Å². The van der Waals surface area contributed by atoms with Gasteiger partial charge in [0.05, 0.1) is 12.8 Å². The number of hydrogen-bond acceptors (Lipinski definition) is 4. The number of carboxylic acids is 1. The number of nitrogens with zero attached hydrogens (tertiary/aromatic N) is 2. The van der Waals surface area contributed by atoms with Gasteiger partial charge < -0.3 is 15.2 Å². The molecule has 2 aromatic rings. The van der Waals surface area contributed by atoms with Crippen molar-refractivity contribution in [3.05, 3.63) is 41.7 Å². The smallest absolute Gasteiger partial charge is 0.326 e. The number of unbranched alkanes of at least 4 members (excludes halogenated alkanes) is 1. The predicted octanol–water partition coefficient (Wildman–Crippen LogP) is 2.56. The predicted molar refractivity (Wildman–Crippen MR) is 93.3 cm³/mol. The van der Waals surface area contributed by atoms with E-state index in [1.165, 1.54) is 0 Å². The molecule has 0 aliphatic carbocycles. The second kappa shape index (κ2) is 8.32. The van der Waals surface area contributed by atoms with Gasteiger partial charge in [-0.05, 0) is 43.7 Å². The number of nitrogens with one attached hydrogen (secondary N) is 1.